The van der Waals surface area contributed by atoms with Gasteiger partial charge in [0.15, 0.2) is 5.72 Å². The molecule has 3 aromatic rings. The Labute approximate surface area is 198 Å². The number of nitrogens with one attached hydrogen (secondary N) is 3. The minimum atomic E-state index is -4.45. The van der Waals surface area contributed by atoms with Crippen molar-refractivity contribution in [3.8, 4) is 10.6 Å². The average molecular weight is 497 g/mol. The summed E-state index contributed by atoms with van der Waals surface area (Å²) in [5, 5.41) is 31.0. The number of aliphatic hydroxyl groups is 2. The number of anilines is 2. The highest BCUT2D eigenvalue weighted by atomic mass is 32.1. The number of para-hydroxylation sites is 1. The molecule has 184 valence electrons. The highest BCUT2D eigenvalue weighted by molar-refractivity contribution is 7.21. The average Bonchev–Trinajstić information content (AvgIpc) is 3.31. The summed E-state index contributed by atoms with van der Waals surface area (Å²) in [4.78, 5) is 13.1. The number of hydrogen-bond acceptors (Lipinski definition) is 9. The molecule has 5 N–H and O–H groups in total. The van der Waals surface area contributed by atoms with Gasteiger partial charge in [0.2, 0.25) is 5.95 Å². The van der Waals surface area contributed by atoms with Crippen molar-refractivity contribution in [2.45, 2.75) is 44.7 Å². The molecule has 1 fully saturated rings. The summed E-state index contributed by atoms with van der Waals surface area (Å²) in [6.07, 6.45) is -4.73. The van der Waals surface area contributed by atoms with Crippen molar-refractivity contribution in [2.24, 2.45) is 5.92 Å². The lowest BCUT2D eigenvalue weighted by molar-refractivity contribution is -0.115. The molecule has 0 amide bonds. The maximum absolute atomic E-state index is 12.8. The lowest BCUT2D eigenvalue weighted by Crippen LogP contribution is -2.49. The topological polar surface area (TPSA) is 115 Å². The number of hydrogen-bond donors (Lipinski definition) is 5. The summed E-state index contributed by atoms with van der Waals surface area (Å²) in [7, 11) is 0. The summed E-state index contributed by atoms with van der Waals surface area (Å²) in [5.74, 6) is -0.307. The van der Waals surface area contributed by atoms with E-state index in [1.807, 2.05) is 31.2 Å². The normalized spacial score (nSPS) is 22.9. The van der Waals surface area contributed by atoms with E-state index in [2.05, 4.69) is 30.9 Å². The third-order valence-corrected chi connectivity index (χ3v) is 6.92. The lowest BCUT2D eigenvalue weighted by Gasteiger charge is -2.31. The third-order valence-electron chi connectivity index (χ3n) is 5.87. The molecular formula is C22H27F3N6O2S. The predicted molar refractivity (Wildman–Crippen MR) is 126 cm³/mol. The third kappa shape index (κ3) is 5.24. The summed E-state index contributed by atoms with van der Waals surface area (Å²) < 4.78 is 39.2. The van der Waals surface area contributed by atoms with Gasteiger partial charge in [-0.1, -0.05) is 19.1 Å². The number of benzene rings is 1. The van der Waals surface area contributed by atoms with E-state index in [-0.39, 0.29) is 24.1 Å². The van der Waals surface area contributed by atoms with Crippen LogP contribution < -0.4 is 16.0 Å². The lowest BCUT2D eigenvalue weighted by atomic mass is 10.0. The molecule has 4 rings (SSSR count). The summed E-state index contributed by atoms with van der Waals surface area (Å²) in [6.45, 7) is 3.57. The Morgan fingerprint density at radius 2 is 1.97 bits per heavy atom. The second-order valence-electron chi connectivity index (χ2n) is 8.41. The van der Waals surface area contributed by atoms with Gasteiger partial charge in [0.05, 0.1) is 21.5 Å². The largest absolute Gasteiger partial charge is 0.405 e. The summed E-state index contributed by atoms with van der Waals surface area (Å²) >= 11 is 1.39. The van der Waals surface area contributed by atoms with Gasteiger partial charge in [0.25, 0.3) is 0 Å². The van der Waals surface area contributed by atoms with E-state index in [9.17, 15) is 23.4 Å². The van der Waals surface area contributed by atoms with Gasteiger partial charge < -0.3 is 26.2 Å². The van der Waals surface area contributed by atoms with Crippen LogP contribution in [0.1, 0.15) is 25.5 Å². The Morgan fingerprint density at radius 1 is 1.21 bits per heavy atom. The smallest absolute Gasteiger partial charge is 0.388 e. The van der Waals surface area contributed by atoms with Crippen LogP contribution in [-0.2, 0) is 0 Å². The maximum atomic E-state index is 12.8. The molecule has 8 nitrogen and oxygen atoms in total. The molecule has 0 saturated heterocycles. The molecule has 1 aliphatic rings. The first kappa shape index (κ1) is 24.6. The SMILES string of the molecule is CCNC[C@H]1CC[C@](O)(Nc2nc(NCC(F)(F)F)nc(C)c2-c2nc3ccccc3s2)[C@@H]1O. The summed E-state index contributed by atoms with van der Waals surface area (Å²) in [6, 6.07) is 7.52. The van der Waals surface area contributed by atoms with E-state index in [4.69, 9.17) is 0 Å². The van der Waals surface area contributed by atoms with Gasteiger partial charge in [0, 0.05) is 12.5 Å². The van der Waals surface area contributed by atoms with Crippen LogP contribution in [-0.4, -0.2) is 62.8 Å². The molecule has 2 heterocycles. The fourth-order valence-corrected chi connectivity index (χ4v) is 5.21. The number of aliphatic hydroxyl groups excluding tert-OH is 1. The number of aryl methyl sites for hydroxylation is 1. The van der Waals surface area contributed by atoms with Crippen molar-refractivity contribution in [1.82, 2.24) is 20.3 Å². The predicted octanol–water partition coefficient (Wildman–Crippen LogP) is 3.52. The van der Waals surface area contributed by atoms with Crippen molar-refractivity contribution in [3.05, 3.63) is 30.0 Å². The number of thiazole rings is 1. The minimum Gasteiger partial charge on any atom is -0.388 e. The number of halogens is 3. The Hall–Kier alpha value is -2.54. The number of aromatic nitrogens is 3. The molecule has 3 atom stereocenters. The van der Waals surface area contributed by atoms with Crippen LogP contribution in [0.3, 0.4) is 0 Å². The number of nitrogens with zero attached hydrogens (tertiary/aromatic N) is 3. The van der Waals surface area contributed by atoms with Gasteiger partial charge >= 0.3 is 6.18 Å². The van der Waals surface area contributed by atoms with E-state index < -0.39 is 24.6 Å². The maximum Gasteiger partial charge on any atom is 0.405 e. The Kier molecular flexibility index (Phi) is 6.94. The molecule has 1 aliphatic carbocycles. The van der Waals surface area contributed by atoms with Crippen molar-refractivity contribution < 1.29 is 23.4 Å². The van der Waals surface area contributed by atoms with Crippen LogP contribution in [0, 0.1) is 12.8 Å². The van der Waals surface area contributed by atoms with E-state index in [1.165, 1.54) is 11.3 Å². The Morgan fingerprint density at radius 3 is 2.68 bits per heavy atom. The van der Waals surface area contributed by atoms with Crippen LogP contribution in [0.15, 0.2) is 24.3 Å². The van der Waals surface area contributed by atoms with Crippen LogP contribution in [0.5, 0.6) is 0 Å². The molecule has 0 aliphatic heterocycles. The van der Waals surface area contributed by atoms with Gasteiger partial charge in [0.1, 0.15) is 23.5 Å². The molecule has 1 aromatic carbocycles. The standard InChI is InChI=1S/C22H27F3N6O2S/c1-3-26-10-13-8-9-21(33,17(13)32)31-18-16(19-29-14-6-4-5-7-15(14)34-19)12(2)28-20(30-18)27-11-22(23,24)25/h4-7,13,17,26,32-33H,3,8-11H2,1-2H3,(H2,27,28,30,31)/t13-,17-,21-/m1/s1. The van der Waals surface area contributed by atoms with Gasteiger partial charge in [-0.3, -0.25) is 0 Å². The van der Waals surface area contributed by atoms with Crippen LogP contribution in [0.25, 0.3) is 20.8 Å². The minimum absolute atomic E-state index is 0.113. The first-order valence-corrected chi connectivity index (χ1v) is 11.9. The second-order valence-corrected chi connectivity index (χ2v) is 9.44. The van der Waals surface area contributed by atoms with E-state index in [0.29, 0.717) is 29.2 Å². The zero-order chi connectivity index (χ0) is 24.5. The molecule has 1 saturated carbocycles. The molecule has 0 unspecified atom stereocenters. The van der Waals surface area contributed by atoms with Crippen molar-refractivity contribution in [2.75, 3.05) is 30.3 Å². The van der Waals surface area contributed by atoms with Gasteiger partial charge in [-0.05, 0) is 38.4 Å². The molecule has 0 radical (unpaired) electrons. The first-order chi connectivity index (χ1) is 16.1. The quantitative estimate of drug-likeness (QED) is 0.301. The molecule has 2 aromatic heterocycles. The molecule has 0 bridgehead atoms. The number of rotatable bonds is 8. The molecule has 12 heteroatoms. The highest BCUT2D eigenvalue weighted by Crippen LogP contribution is 2.40. The van der Waals surface area contributed by atoms with E-state index in [0.717, 1.165) is 16.8 Å². The molecule has 0 spiro atoms. The zero-order valence-corrected chi connectivity index (χ0v) is 19.6. The fraction of sp³-hybridized carbons (Fsp3) is 0.500. The van der Waals surface area contributed by atoms with E-state index >= 15 is 0 Å². The van der Waals surface area contributed by atoms with Crippen molar-refractivity contribution in [3.63, 3.8) is 0 Å². The number of fused-ring (bicyclic) bond motifs is 1. The zero-order valence-electron chi connectivity index (χ0n) is 18.8. The van der Waals surface area contributed by atoms with Crippen LogP contribution in [0.4, 0.5) is 24.9 Å². The Balaban J connectivity index is 1.72. The van der Waals surface area contributed by atoms with E-state index in [1.54, 1.807) is 6.92 Å². The van der Waals surface area contributed by atoms with Gasteiger partial charge in [-0.25, -0.2) is 9.97 Å². The van der Waals surface area contributed by atoms with Crippen LogP contribution >= 0.6 is 11.3 Å². The highest BCUT2D eigenvalue weighted by Gasteiger charge is 2.47. The van der Waals surface area contributed by atoms with Gasteiger partial charge in [-0.15, -0.1) is 11.3 Å². The molecule has 34 heavy (non-hydrogen) atoms. The van der Waals surface area contributed by atoms with Gasteiger partial charge in [-0.2, -0.15) is 18.2 Å². The first-order valence-electron chi connectivity index (χ1n) is 11.0. The monoisotopic (exact) mass is 496 g/mol. The fourth-order valence-electron chi connectivity index (χ4n) is 4.14. The number of alkyl halides is 3. The Bertz CT molecular complexity index is 1120. The van der Waals surface area contributed by atoms with Crippen LogP contribution in [0.2, 0.25) is 0 Å². The van der Waals surface area contributed by atoms with Crippen molar-refractivity contribution in [1.29, 1.82) is 0 Å². The summed E-state index contributed by atoms with van der Waals surface area (Å²) in [5.41, 5.74) is -0.0818. The molecular weight excluding hydrogens is 469 g/mol. The van der Waals surface area contributed by atoms with Crippen molar-refractivity contribution >= 4 is 33.3 Å². The second kappa shape index (κ2) is 9.61.